The molecular formula is C22H24Cl2N2O5S. The van der Waals surface area contributed by atoms with Crippen LogP contribution in [-0.2, 0) is 19.6 Å². The Kier molecular flexibility index (Phi) is 9.12. The summed E-state index contributed by atoms with van der Waals surface area (Å²) in [6.07, 6.45) is 1.44. The molecule has 0 spiro atoms. The average molecular weight is 499 g/mol. The molecule has 0 aromatic heterocycles. The SMILES string of the molecule is C=CCN(c1ccc(Cl)cc1)S(=O)(=O)c1ccc(Cl)c(C(=O)OCC(=O)N(CC)CC)c1. The van der Waals surface area contributed by atoms with Crippen LogP contribution >= 0.6 is 23.2 Å². The topological polar surface area (TPSA) is 84.0 Å². The minimum Gasteiger partial charge on any atom is -0.452 e. The van der Waals surface area contributed by atoms with Gasteiger partial charge in [0.05, 0.1) is 27.7 Å². The molecule has 0 fully saturated rings. The zero-order valence-corrected chi connectivity index (χ0v) is 20.1. The lowest BCUT2D eigenvalue weighted by Gasteiger charge is -2.23. The van der Waals surface area contributed by atoms with Crippen LogP contribution < -0.4 is 4.31 Å². The van der Waals surface area contributed by atoms with Gasteiger partial charge in [0.2, 0.25) is 0 Å². The smallest absolute Gasteiger partial charge is 0.340 e. The number of benzene rings is 2. The highest BCUT2D eigenvalue weighted by atomic mass is 35.5. The molecule has 2 aromatic carbocycles. The fourth-order valence-corrected chi connectivity index (χ4v) is 4.67. The second-order valence-electron chi connectivity index (χ2n) is 6.59. The Bertz CT molecular complexity index is 1080. The molecule has 10 heteroatoms. The molecule has 0 saturated carbocycles. The van der Waals surface area contributed by atoms with Crippen LogP contribution in [0.1, 0.15) is 24.2 Å². The summed E-state index contributed by atoms with van der Waals surface area (Å²) in [5.41, 5.74) is 0.216. The molecule has 0 aliphatic carbocycles. The number of anilines is 1. The van der Waals surface area contributed by atoms with Crippen molar-refractivity contribution < 1.29 is 22.7 Å². The molecule has 7 nitrogen and oxygen atoms in total. The van der Waals surface area contributed by atoms with E-state index in [1.165, 1.54) is 23.1 Å². The maximum Gasteiger partial charge on any atom is 0.340 e. The van der Waals surface area contributed by atoms with Crippen molar-refractivity contribution in [3.63, 3.8) is 0 Å². The number of ether oxygens (including phenoxy) is 1. The van der Waals surface area contributed by atoms with E-state index < -0.39 is 22.6 Å². The molecular weight excluding hydrogens is 475 g/mol. The molecule has 0 N–H and O–H groups in total. The Morgan fingerprint density at radius 2 is 1.69 bits per heavy atom. The third kappa shape index (κ3) is 6.03. The predicted octanol–water partition coefficient (Wildman–Crippen LogP) is 4.40. The number of sulfonamides is 1. The first-order valence-electron chi connectivity index (χ1n) is 9.79. The summed E-state index contributed by atoms with van der Waals surface area (Å²) in [5, 5.41) is 0.464. The molecule has 0 saturated heterocycles. The number of nitrogens with zero attached hydrogens (tertiary/aromatic N) is 2. The van der Waals surface area contributed by atoms with E-state index in [9.17, 15) is 18.0 Å². The molecule has 0 unspecified atom stereocenters. The van der Waals surface area contributed by atoms with Gasteiger partial charge in [-0.05, 0) is 56.3 Å². The predicted molar refractivity (Wildman–Crippen MR) is 126 cm³/mol. The fraction of sp³-hybridized carbons (Fsp3) is 0.273. The summed E-state index contributed by atoms with van der Waals surface area (Å²) >= 11 is 12.0. The first-order valence-corrected chi connectivity index (χ1v) is 12.0. The lowest BCUT2D eigenvalue weighted by molar-refractivity contribution is -0.134. The average Bonchev–Trinajstić information content (AvgIpc) is 2.77. The van der Waals surface area contributed by atoms with Crippen molar-refractivity contribution >= 4 is 50.8 Å². The lowest BCUT2D eigenvalue weighted by atomic mass is 10.2. The number of carbonyl (C=O) groups excluding carboxylic acids is 2. The summed E-state index contributed by atoms with van der Waals surface area (Å²) in [6.45, 7) is 7.71. The van der Waals surface area contributed by atoms with Crippen LogP contribution in [0.4, 0.5) is 5.69 Å². The Morgan fingerprint density at radius 3 is 2.25 bits per heavy atom. The molecule has 0 heterocycles. The monoisotopic (exact) mass is 498 g/mol. The van der Waals surface area contributed by atoms with E-state index in [-0.39, 0.29) is 27.9 Å². The number of carbonyl (C=O) groups is 2. The largest absolute Gasteiger partial charge is 0.452 e. The van der Waals surface area contributed by atoms with Crippen LogP contribution in [-0.4, -0.2) is 51.4 Å². The Labute approximate surface area is 198 Å². The highest BCUT2D eigenvalue weighted by molar-refractivity contribution is 7.92. The summed E-state index contributed by atoms with van der Waals surface area (Å²) in [4.78, 5) is 26.0. The maximum absolute atomic E-state index is 13.3. The van der Waals surface area contributed by atoms with Crippen LogP contribution in [0.5, 0.6) is 0 Å². The Morgan fingerprint density at radius 1 is 1.06 bits per heavy atom. The van der Waals surface area contributed by atoms with Crippen molar-refractivity contribution in [2.45, 2.75) is 18.7 Å². The summed E-state index contributed by atoms with van der Waals surface area (Å²) < 4.78 is 32.8. The van der Waals surface area contributed by atoms with Gasteiger partial charge in [0.15, 0.2) is 6.61 Å². The van der Waals surface area contributed by atoms with Gasteiger partial charge in [-0.1, -0.05) is 29.3 Å². The van der Waals surface area contributed by atoms with Gasteiger partial charge in [-0.25, -0.2) is 13.2 Å². The molecule has 172 valence electrons. The number of likely N-dealkylation sites (N-methyl/N-ethyl adjacent to an activating group) is 1. The van der Waals surface area contributed by atoms with E-state index in [2.05, 4.69) is 6.58 Å². The van der Waals surface area contributed by atoms with Crippen molar-refractivity contribution in [2.24, 2.45) is 0 Å². The summed E-state index contributed by atoms with van der Waals surface area (Å²) in [5.74, 6) is -1.25. The van der Waals surface area contributed by atoms with Gasteiger partial charge < -0.3 is 9.64 Å². The van der Waals surface area contributed by atoms with Crippen LogP contribution in [0.2, 0.25) is 10.0 Å². The zero-order valence-electron chi connectivity index (χ0n) is 17.8. The second-order valence-corrected chi connectivity index (χ2v) is 9.29. The first kappa shape index (κ1) is 25.7. The van der Waals surface area contributed by atoms with E-state index in [0.717, 1.165) is 10.4 Å². The van der Waals surface area contributed by atoms with Crippen LogP contribution in [0.15, 0.2) is 60.0 Å². The van der Waals surface area contributed by atoms with Crippen LogP contribution in [0.3, 0.4) is 0 Å². The van der Waals surface area contributed by atoms with Gasteiger partial charge in [0, 0.05) is 18.1 Å². The normalized spacial score (nSPS) is 11.0. The van der Waals surface area contributed by atoms with Gasteiger partial charge >= 0.3 is 5.97 Å². The zero-order chi connectivity index (χ0) is 23.9. The van der Waals surface area contributed by atoms with Crippen molar-refractivity contribution in [2.75, 3.05) is 30.5 Å². The molecule has 1 amide bonds. The van der Waals surface area contributed by atoms with Crippen LogP contribution in [0, 0.1) is 0 Å². The Hall–Kier alpha value is -2.55. The van der Waals surface area contributed by atoms with E-state index in [1.807, 2.05) is 13.8 Å². The quantitative estimate of drug-likeness (QED) is 0.358. The highest BCUT2D eigenvalue weighted by Crippen LogP contribution is 2.28. The highest BCUT2D eigenvalue weighted by Gasteiger charge is 2.26. The Balaban J connectivity index is 2.34. The summed E-state index contributed by atoms with van der Waals surface area (Å²) in [7, 11) is -4.08. The molecule has 0 aliphatic rings. The van der Waals surface area contributed by atoms with Crippen molar-refractivity contribution in [3.8, 4) is 0 Å². The van der Waals surface area contributed by atoms with E-state index in [4.69, 9.17) is 27.9 Å². The van der Waals surface area contributed by atoms with Gasteiger partial charge in [-0.2, -0.15) is 0 Å². The van der Waals surface area contributed by atoms with E-state index in [1.54, 1.807) is 24.3 Å². The third-order valence-electron chi connectivity index (χ3n) is 4.60. The molecule has 32 heavy (non-hydrogen) atoms. The van der Waals surface area contributed by atoms with Gasteiger partial charge in [-0.15, -0.1) is 6.58 Å². The minimum absolute atomic E-state index is 0.00556. The third-order valence-corrected chi connectivity index (χ3v) is 6.97. The van der Waals surface area contributed by atoms with Gasteiger partial charge in [0.25, 0.3) is 15.9 Å². The fourth-order valence-electron chi connectivity index (χ4n) is 2.89. The number of hydrogen-bond acceptors (Lipinski definition) is 5. The number of hydrogen-bond donors (Lipinski definition) is 0. The van der Waals surface area contributed by atoms with E-state index >= 15 is 0 Å². The maximum atomic E-state index is 13.3. The van der Waals surface area contributed by atoms with Crippen molar-refractivity contribution in [1.82, 2.24) is 4.90 Å². The van der Waals surface area contributed by atoms with Gasteiger partial charge in [0.1, 0.15) is 0 Å². The second kappa shape index (κ2) is 11.4. The molecule has 0 atom stereocenters. The number of rotatable bonds is 10. The lowest BCUT2D eigenvalue weighted by Crippen LogP contribution is -2.34. The van der Waals surface area contributed by atoms with E-state index in [0.29, 0.717) is 23.8 Å². The van der Waals surface area contributed by atoms with Crippen molar-refractivity contribution in [3.05, 3.63) is 70.7 Å². The number of esters is 1. The minimum atomic E-state index is -4.08. The first-order chi connectivity index (χ1) is 15.1. The standard InChI is InChI=1S/C22H24Cl2N2O5S/c1-4-13-26(17-9-7-16(23)8-10-17)32(29,30)18-11-12-20(24)19(14-18)22(28)31-15-21(27)25(5-2)6-3/h4,7-12,14H,1,5-6,13,15H2,2-3H3. The number of halogens is 2. The van der Waals surface area contributed by atoms with Crippen molar-refractivity contribution in [1.29, 1.82) is 0 Å². The molecule has 0 bridgehead atoms. The molecule has 0 radical (unpaired) electrons. The molecule has 2 rings (SSSR count). The van der Waals surface area contributed by atoms with Gasteiger partial charge in [-0.3, -0.25) is 9.10 Å². The molecule has 2 aromatic rings. The summed E-state index contributed by atoms with van der Waals surface area (Å²) in [6, 6.07) is 9.99. The molecule has 0 aliphatic heterocycles. The number of amides is 1. The van der Waals surface area contributed by atoms with Crippen LogP contribution in [0.25, 0.3) is 0 Å².